The van der Waals surface area contributed by atoms with Crippen molar-refractivity contribution in [2.75, 3.05) is 20.1 Å². The van der Waals surface area contributed by atoms with Gasteiger partial charge in [-0.05, 0) is 44.2 Å². The second kappa shape index (κ2) is 7.80. The Hall–Kier alpha value is -0.860. The SMILES string of the molecule is CCC1CCC(N(C)CC(CN)c2ccccc2)CC1. The maximum absolute atomic E-state index is 6.00. The quantitative estimate of drug-likeness (QED) is 0.858. The van der Waals surface area contributed by atoms with Crippen LogP contribution in [-0.2, 0) is 0 Å². The summed E-state index contributed by atoms with van der Waals surface area (Å²) in [6, 6.07) is 11.5. The van der Waals surface area contributed by atoms with Crippen LogP contribution in [0.15, 0.2) is 30.3 Å². The van der Waals surface area contributed by atoms with E-state index in [0.717, 1.165) is 25.0 Å². The monoisotopic (exact) mass is 274 g/mol. The first-order chi connectivity index (χ1) is 9.74. The molecule has 0 aliphatic heterocycles. The van der Waals surface area contributed by atoms with Gasteiger partial charge in [0, 0.05) is 25.0 Å². The third kappa shape index (κ3) is 4.07. The topological polar surface area (TPSA) is 29.3 Å². The fraction of sp³-hybridized carbons (Fsp3) is 0.667. The zero-order valence-electron chi connectivity index (χ0n) is 13.1. The summed E-state index contributed by atoms with van der Waals surface area (Å²) in [4.78, 5) is 2.55. The van der Waals surface area contributed by atoms with Crippen LogP contribution in [0.3, 0.4) is 0 Å². The second-order valence-corrected chi connectivity index (χ2v) is 6.37. The number of nitrogens with zero attached hydrogens (tertiary/aromatic N) is 1. The minimum absolute atomic E-state index is 0.463. The highest BCUT2D eigenvalue weighted by Crippen LogP contribution is 2.29. The van der Waals surface area contributed by atoms with Crippen molar-refractivity contribution in [3.05, 3.63) is 35.9 Å². The van der Waals surface area contributed by atoms with Crippen molar-refractivity contribution in [3.63, 3.8) is 0 Å². The number of likely N-dealkylation sites (N-methyl/N-ethyl adjacent to an activating group) is 1. The van der Waals surface area contributed by atoms with Crippen LogP contribution in [0.4, 0.5) is 0 Å². The Morgan fingerprint density at radius 3 is 2.35 bits per heavy atom. The molecule has 0 saturated heterocycles. The molecular weight excluding hydrogens is 244 g/mol. The fourth-order valence-electron chi connectivity index (χ4n) is 3.53. The van der Waals surface area contributed by atoms with E-state index in [1.54, 1.807) is 0 Å². The van der Waals surface area contributed by atoms with Gasteiger partial charge in [0.1, 0.15) is 0 Å². The van der Waals surface area contributed by atoms with Crippen molar-refractivity contribution in [2.45, 2.75) is 51.0 Å². The van der Waals surface area contributed by atoms with Crippen LogP contribution in [0.2, 0.25) is 0 Å². The summed E-state index contributed by atoms with van der Waals surface area (Å²) < 4.78 is 0. The van der Waals surface area contributed by atoms with Gasteiger partial charge in [-0.3, -0.25) is 0 Å². The first-order valence-corrected chi connectivity index (χ1v) is 8.19. The lowest BCUT2D eigenvalue weighted by Gasteiger charge is -2.36. The van der Waals surface area contributed by atoms with Gasteiger partial charge in [0.2, 0.25) is 0 Å². The average Bonchev–Trinajstić information content (AvgIpc) is 2.53. The molecule has 112 valence electrons. The van der Waals surface area contributed by atoms with Crippen LogP contribution >= 0.6 is 0 Å². The highest BCUT2D eigenvalue weighted by Gasteiger charge is 2.24. The first kappa shape index (κ1) is 15.5. The van der Waals surface area contributed by atoms with Gasteiger partial charge in [-0.1, -0.05) is 43.7 Å². The standard InChI is InChI=1S/C18H30N2/c1-3-15-9-11-18(12-10-15)20(2)14-17(13-19)16-7-5-4-6-8-16/h4-8,15,17-18H,3,9-14,19H2,1-2H3. The summed E-state index contributed by atoms with van der Waals surface area (Å²) >= 11 is 0. The van der Waals surface area contributed by atoms with Gasteiger partial charge in [-0.25, -0.2) is 0 Å². The normalized spacial score (nSPS) is 24.8. The Kier molecular flexibility index (Phi) is 6.06. The minimum Gasteiger partial charge on any atom is -0.330 e. The number of benzene rings is 1. The highest BCUT2D eigenvalue weighted by atomic mass is 15.1. The summed E-state index contributed by atoms with van der Waals surface area (Å²) in [5.74, 6) is 1.43. The minimum atomic E-state index is 0.463. The molecule has 0 amide bonds. The van der Waals surface area contributed by atoms with Crippen LogP contribution in [-0.4, -0.2) is 31.1 Å². The second-order valence-electron chi connectivity index (χ2n) is 6.37. The predicted octanol–water partition coefficient (Wildman–Crippen LogP) is 3.63. The van der Waals surface area contributed by atoms with Crippen molar-refractivity contribution >= 4 is 0 Å². The van der Waals surface area contributed by atoms with Crippen LogP contribution in [0.25, 0.3) is 0 Å². The summed E-state index contributed by atoms with van der Waals surface area (Å²) in [5, 5.41) is 0. The third-order valence-electron chi connectivity index (χ3n) is 5.08. The van der Waals surface area contributed by atoms with E-state index < -0.39 is 0 Å². The van der Waals surface area contributed by atoms with E-state index in [0.29, 0.717) is 5.92 Å². The van der Waals surface area contributed by atoms with Crippen LogP contribution in [0, 0.1) is 5.92 Å². The maximum atomic E-state index is 6.00. The van der Waals surface area contributed by atoms with Gasteiger partial charge >= 0.3 is 0 Å². The molecule has 1 saturated carbocycles. The maximum Gasteiger partial charge on any atom is 0.00926 e. The zero-order valence-corrected chi connectivity index (χ0v) is 13.1. The van der Waals surface area contributed by atoms with Gasteiger partial charge in [0.05, 0.1) is 0 Å². The molecular formula is C18H30N2. The largest absolute Gasteiger partial charge is 0.330 e. The molecule has 0 aromatic heterocycles. The molecule has 2 heteroatoms. The predicted molar refractivity (Wildman–Crippen MR) is 86.9 cm³/mol. The van der Waals surface area contributed by atoms with Crippen LogP contribution < -0.4 is 5.73 Å². The molecule has 2 N–H and O–H groups in total. The summed E-state index contributed by atoms with van der Waals surface area (Å²) in [6.45, 7) is 4.15. The molecule has 0 radical (unpaired) electrons. The average molecular weight is 274 g/mol. The van der Waals surface area contributed by atoms with Gasteiger partial charge in [0.15, 0.2) is 0 Å². The lowest BCUT2D eigenvalue weighted by atomic mass is 9.83. The number of hydrogen-bond acceptors (Lipinski definition) is 2. The Labute approximate surface area is 124 Å². The molecule has 1 aromatic carbocycles. The van der Waals surface area contributed by atoms with E-state index in [4.69, 9.17) is 5.73 Å². The lowest BCUT2D eigenvalue weighted by molar-refractivity contribution is 0.156. The van der Waals surface area contributed by atoms with Crippen molar-refractivity contribution in [1.29, 1.82) is 0 Å². The number of rotatable bonds is 6. The van der Waals surface area contributed by atoms with E-state index in [-0.39, 0.29) is 0 Å². The third-order valence-corrected chi connectivity index (χ3v) is 5.08. The number of hydrogen-bond donors (Lipinski definition) is 1. The van der Waals surface area contributed by atoms with Crippen molar-refractivity contribution in [3.8, 4) is 0 Å². The van der Waals surface area contributed by atoms with E-state index in [1.165, 1.54) is 37.7 Å². The Bertz CT molecular complexity index is 368. The first-order valence-electron chi connectivity index (χ1n) is 8.19. The molecule has 2 nitrogen and oxygen atoms in total. The van der Waals surface area contributed by atoms with Gasteiger partial charge in [0.25, 0.3) is 0 Å². The Morgan fingerprint density at radius 2 is 1.80 bits per heavy atom. The summed E-state index contributed by atoms with van der Waals surface area (Å²) in [5.41, 5.74) is 7.38. The Morgan fingerprint density at radius 1 is 1.15 bits per heavy atom. The number of nitrogens with two attached hydrogens (primary N) is 1. The molecule has 2 rings (SSSR count). The molecule has 0 heterocycles. The van der Waals surface area contributed by atoms with Gasteiger partial charge in [-0.2, -0.15) is 0 Å². The highest BCUT2D eigenvalue weighted by molar-refractivity contribution is 5.20. The van der Waals surface area contributed by atoms with Crippen molar-refractivity contribution in [1.82, 2.24) is 4.90 Å². The molecule has 20 heavy (non-hydrogen) atoms. The summed E-state index contributed by atoms with van der Waals surface area (Å²) in [6.07, 6.45) is 6.89. The molecule has 1 aliphatic carbocycles. The Balaban J connectivity index is 1.88. The van der Waals surface area contributed by atoms with Crippen molar-refractivity contribution in [2.24, 2.45) is 11.7 Å². The van der Waals surface area contributed by atoms with E-state index >= 15 is 0 Å². The van der Waals surface area contributed by atoms with Crippen LogP contribution in [0.1, 0.15) is 50.5 Å². The lowest BCUT2D eigenvalue weighted by Crippen LogP contribution is -2.39. The van der Waals surface area contributed by atoms with E-state index in [9.17, 15) is 0 Å². The van der Waals surface area contributed by atoms with Crippen LogP contribution in [0.5, 0.6) is 0 Å². The molecule has 1 fully saturated rings. The fourth-order valence-corrected chi connectivity index (χ4v) is 3.53. The van der Waals surface area contributed by atoms with Gasteiger partial charge < -0.3 is 10.6 Å². The zero-order chi connectivity index (χ0) is 14.4. The van der Waals surface area contributed by atoms with Crippen molar-refractivity contribution < 1.29 is 0 Å². The molecule has 1 atom stereocenters. The molecule has 0 bridgehead atoms. The van der Waals surface area contributed by atoms with Gasteiger partial charge in [-0.15, -0.1) is 0 Å². The molecule has 1 unspecified atom stereocenters. The molecule has 1 aromatic rings. The summed E-state index contributed by atoms with van der Waals surface area (Å²) in [7, 11) is 2.28. The smallest absolute Gasteiger partial charge is 0.00926 e. The van der Waals surface area contributed by atoms with E-state index in [1.807, 2.05) is 0 Å². The molecule has 1 aliphatic rings. The molecule has 0 spiro atoms. The van der Waals surface area contributed by atoms with E-state index in [2.05, 4.69) is 49.2 Å².